The van der Waals surface area contributed by atoms with E-state index in [1.807, 2.05) is 0 Å². The highest BCUT2D eigenvalue weighted by Gasteiger charge is 2.16. The first kappa shape index (κ1) is 12.6. The van der Waals surface area contributed by atoms with Crippen molar-refractivity contribution in [3.8, 4) is 0 Å². The van der Waals surface area contributed by atoms with E-state index in [9.17, 15) is 8.42 Å². The molecule has 0 spiro atoms. The van der Waals surface area contributed by atoms with E-state index >= 15 is 0 Å². The van der Waals surface area contributed by atoms with Crippen molar-refractivity contribution in [3.05, 3.63) is 34.4 Å². The van der Waals surface area contributed by atoms with Crippen LogP contribution in [0.5, 0.6) is 0 Å². The van der Waals surface area contributed by atoms with Gasteiger partial charge in [0, 0.05) is 25.4 Å². The fourth-order valence-corrected chi connectivity index (χ4v) is 3.80. The molecule has 0 fully saturated rings. The van der Waals surface area contributed by atoms with Gasteiger partial charge >= 0.3 is 0 Å². The molecule has 0 aliphatic carbocycles. The van der Waals surface area contributed by atoms with E-state index in [-0.39, 0.29) is 10.8 Å². The summed E-state index contributed by atoms with van der Waals surface area (Å²) in [5, 5.41) is 3.96. The van der Waals surface area contributed by atoms with Gasteiger partial charge in [-0.1, -0.05) is 11.6 Å². The Hall–Kier alpha value is -0.890. The summed E-state index contributed by atoms with van der Waals surface area (Å²) in [6, 6.07) is 3.05. The van der Waals surface area contributed by atoms with Gasteiger partial charge in [0.05, 0.1) is 10.5 Å². The molecule has 92 valence electrons. The fraction of sp³-hybridized carbons (Fsp3) is 0.222. The number of halogens is 1. The molecule has 0 aliphatic heterocycles. The van der Waals surface area contributed by atoms with E-state index in [2.05, 4.69) is 9.82 Å². The Labute approximate surface area is 108 Å². The van der Waals surface area contributed by atoms with Crippen LogP contribution in [-0.4, -0.2) is 18.2 Å². The molecule has 0 aliphatic rings. The van der Waals surface area contributed by atoms with Crippen LogP contribution in [0.4, 0.5) is 0 Å². The van der Waals surface area contributed by atoms with Gasteiger partial charge in [0.25, 0.3) is 0 Å². The quantitative estimate of drug-likeness (QED) is 0.931. The zero-order valence-corrected chi connectivity index (χ0v) is 11.3. The van der Waals surface area contributed by atoms with Gasteiger partial charge in [-0.25, -0.2) is 13.1 Å². The zero-order chi connectivity index (χ0) is 12.5. The van der Waals surface area contributed by atoms with Crippen LogP contribution in [-0.2, 0) is 23.6 Å². The van der Waals surface area contributed by atoms with Crippen molar-refractivity contribution in [2.75, 3.05) is 0 Å². The molecule has 17 heavy (non-hydrogen) atoms. The highest BCUT2D eigenvalue weighted by molar-refractivity contribution is 7.91. The molecule has 0 saturated carbocycles. The van der Waals surface area contributed by atoms with Crippen molar-refractivity contribution in [1.29, 1.82) is 0 Å². The topological polar surface area (TPSA) is 64.0 Å². The maximum Gasteiger partial charge on any atom is 0.250 e. The normalized spacial score (nSPS) is 11.9. The SMILES string of the molecule is Cn1cc(CNS(=O)(=O)c2ccc(Cl)s2)cn1. The second kappa shape index (κ2) is 4.77. The van der Waals surface area contributed by atoms with E-state index in [0.717, 1.165) is 16.9 Å². The standard InChI is InChI=1S/C9H10ClN3O2S2/c1-13-6-7(4-11-13)5-12-17(14,15)9-3-2-8(10)16-9/h2-4,6,12H,5H2,1H3. The van der Waals surface area contributed by atoms with E-state index < -0.39 is 10.0 Å². The van der Waals surface area contributed by atoms with Crippen LogP contribution < -0.4 is 4.72 Å². The number of sulfonamides is 1. The fourth-order valence-electron chi connectivity index (χ4n) is 1.25. The lowest BCUT2D eigenvalue weighted by Gasteiger charge is -2.02. The molecular formula is C9H10ClN3O2S2. The molecule has 2 rings (SSSR count). The minimum Gasteiger partial charge on any atom is -0.275 e. The van der Waals surface area contributed by atoms with Crippen molar-refractivity contribution >= 4 is 33.0 Å². The average molecular weight is 292 g/mol. The Morgan fingerprint density at radius 2 is 2.29 bits per heavy atom. The van der Waals surface area contributed by atoms with Gasteiger partial charge in [-0.3, -0.25) is 4.68 Å². The Morgan fingerprint density at radius 1 is 1.53 bits per heavy atom. The van der Waals surface area contributed by atoms with E-state index in [1.54, 1.807) is 30.2 Å². The maximum absolute atomic E-state index is 11.8. The number of nitrogens with one attached hydrogen (secondary N) is 1. The summed E-state index contributed by atoms with van der Waals surface area (Å²) in [6.07, 6.45) is 3.37. The second-order valence-electron chi connectivity index (χ2n) is 3.41. The first-order chi connectivity index (χ1) is 7.97. The minimum absolute atomic E-state index is 0.214. The van der Waals surface area contributed by atoms with Gasteiger partial charge in [0.2, 0.25) is 10.0 Å². The van der Waals surface area contributed by atoms with Gasteiger partial charge in [0.1, 0.15) is 4.21 Å². The molecule has 0 bridgehead atoms. The van der Waals surface area contributed by atoms with Crippen molar-refractivity contribution < 1.29 is 8.42 Å². The smallest absolute Gasteiger partial charge is 0.250 e. The third-order valence-corrected chi connectivity index (χ3v) is 5.16. The van der Waals surface area contributed by atoms with Gasteiger partial charge in [-0.2, -0.15) is 5.10 Å². The van der Waals surface area contributed by atoms with Crippen molar-refractivity contribution in [2.45, 2.75) is 10.8 Å². The van der Waals surface area contributed by atoms with Crippen LogP contribution in [0.1, 0.15) is 5.56 Å². The molecule has 2 aromatic rings. The summed E-state index contributed by atoms with van der Waals surface area (Å²) in [5.41, 5.74) is 0.804. The lowest BCUT2D eigenvalue weighted by atomic mass is 10.4. The van der Waals surface area contributed by atoms with E-state index in [0.29, 0.717) is 4.34 Å². The molecule has 0 saturated heterocycles. The number of rotatable bonds is 4. The molecule has 0 amide bonds. The number of thiophene rings is 1. The lowest BCUT2D eigenvalue weighted by molar-refractivity contribution is 0.583. The van der Waals surface area contributed by atoms with Crippen LogP contribution in [0.2, 0.25) is 4.34 Å². The lowest BCUT2D eigenvalue weighted by Crippen LogP contribution is -2.22. The molecule has 2 heterocycles. The Kier molecular flexibility index (Phi) is 3.53. The Balaban J connectivity index is 2.08. The van der Waals surface area contributed by atoms with E-state index in [1.165, 1.54) is 6.07 Å². The average Bonchev–Trinajstić information content (AvgIpc) is 2.85. The molecular weight excluding hydrogens is 282 g/mol. The van der Waals surface area contributed by atoms with Gasteiger partial charge in [0.15, 0.2) is 0 Å². The van der Waals surface area contributed by atoms with Crippen molar-refractivity contribution in [1.82, 2.24) is 14.5 Å². The number of nitrogens with zero attached hydrogens (tertiary/aromatic N) is 2. The highest BCUT2D eigenvalue weighted by Crippen LogP contribution is 2.25. The Bertz CT molecular complexity index is 618. The van der Waals surface area contributed by atoms with Crippen LogP contribution in [0.25, 0.3) is 0 Å². The third-order valence-electron chi connectivity index (χ3n) is 2.04. The molecule has 2 aromatic heterocycles. The molecule has 1 N–H and O–H groups in total. The van der Waals surface area contributed by atoms with Gasteiger partial charge < -0.3 is 0 Å². The summed E-state index contributed by atoms with van der Waals surface area (Å²) in [5.74, 6) is 0. The number of aryl methyl sites for hydroxylation is 1. The maximum atomic E-state index is 11.8. The van der Waals surface area contributed by atoms with Crippen LogP contribution in [0, 0.1) is 0 Å². The monoisotopic (exact) mass is 291 g/mol. The molecule has 0 aromatic carbocycles. The highest BCUT2D eigenvalue weighted by atomic mass is 35.5. The van der Waals surface area contributed by atoms with Crippen LogP contribution in [0.3, 0.4) is 0 Å². The van der Waals surface area contributed by atoms with Crippen LogP contribution >= 0.6 is 22.9 Å². The van der Waals surface area contributed by atoms with Gasteiger partial charge in [-0.15, -0.1) is 11.3 Å². The minimum atomic E-state index is -3.48. The predicted octanol–water partition coefficient (Wildman–Crippen LogP) is 1.61. The van der Waals surface area contributed by atoms with E-state index in [4.69, 9.17) is 11.6 Å². The van der Waals surface area contributed by atoms with Crippen molar-refractivity contribution in [3.63, 3.8) is 0 Å². The second-order valence-corrected chi connectivity index (χ2v) is 7.11. The summed E-state index contributed by atoms with van der Waals surface area (Å²) in [7, 11) is -1.71. The summed E-state index contributed by atoms with van der Waals surface area (Å²) in [6.45, 7) is 0.214. The zero-order valence-electron chi connectivity index (χ0n) is 8.92. The third kappa shape index (κ3) is 3.06. The largest absolute Gasteiger partial charge is 0.275 e. The first-order valence-corrected chi connectivity index (χ1v) is 7.38. The molecule has 8 heteroatoms. The summed E-state index contributed by atoms with van der Waals surface area (Å²) < 4.78 is 28.4. The predicted molar refractivity (Wildman–Crippen MR) is 66.6 cm³/mol. The Morgan fingerprint density at radius 3 is 2.82 bits per heavy atom. The first-order valence-electron chi connectivity index (χ1n) is 4.70. The molecule has 5 nitrogen and oxygen atoms in total. The van der Waals surface area contributed by atoms with Crippen LogP contribution in [0.15, 0.2) is 28.7 Å². The number of aromatic nitrogens is 2. The number of hydrogen-bond donors (Lipinski definition) is 1. The molecule has 0 unspecified atom stereocenters. The van der Waals surface area contributed by atoms with Crippen molar-refractivity contribution in [2.24, 2.45) is 7.05 Å². The summed E-state index contributed by atoms with van der Waals surface area (Å²) in [4.78, 5) is 0. The van der Waals surface area contributed by atoms with Gasteiger partial charge in [-0.05, 0) is 12.1 Å². The number of hydrogen-bond acceptors (Lipinski definition) is 4. The molecule has 0 atom stereocenters. The molecule has 0 radical (unpaired) electrons. The summed E-state index contributed by atoms with van der Waals surface area (Å²) >= 11 is 6.73.